The molecule has 27 heavy (non-hydrogen) atoms. The summed E-state index contributed by atoms with van der Waals surface area (Å²) in [5.41, 5.74) is 0. The molecule has 3 heterocycles. The molecule has 3 fully saturated rings. The molecule has 0 spiro atoms. The number of hydrogen-bond acceptors (Lipinski definition) is 5. The summed E-state index contributed by atoms with van der Waals surface area (Å²) in [5, 5.41) is 3.33. The molecule has 3 aliphatic rings. The molecular weight excluding hydrogens is 336 g/mol. The Morgan fingerprint density at radius 2 is 0.963 bits per heavy atom. The monoisotopic (exact) mass is 384 g/mol. The molecule has 0 amide bonds. The highest BCUT2D eigenvalue weighted by Gasteiger charge is 2.13. The zero-order valence-corrected chi connectivity index (χ0v) is 19.2. The fraction of sp³-hybridized carbons (Fsp3) is 1.00. The molecule has 1 N–H and O–H groups in total. The molecule has 0 atom stereocenters. The Labute approximate surface area is 169 Å². The second kappa shape index (κ2) is 14.7. The fourth-order valence-electron chi connectivity index (χ4n) is 3.73. The topological polar surface area (TPSA) is 31.0 Å². The minimum atomic E-state index is 0.689. The lowest BCUT2D eigenvalue weighted by molar-refractivity contribution is 0.0238. The van der Waals surface area contributed by atoms with E-state index in [4.69, 9.17) is 4.74 Å². The van der Waals surface area contributed by atoms with Gasteiger partial charge in [0.2, 0.25) is 0 Å². The number of rotatable bonds is 3. The molecule has 5 heteroatoms. The van der Waals surface area contributed by atoms with Crippen molar-refractivity contribution in [2.24, 2.45) is 0 Å². The van der Waals surface area contributed by atoms with Crippen LogP contribution in [0.25, 0.3) is 0 Å². The standard InChI is InChI=1S/C8H17N.C7H16N2.C7H15NO/c1-8(2)9-6-4-3-5-7-9;1-7(2)9-5-3-8-4-6-9;1-7(2)8-3-5-9-6-4-8/h8H,3-7H2,1-2H3;7-8H,3-6H2,1-2H3;7H,3-6H2,1-2H3. The summed E-state index contributed by atoms with van der Waals surface area (Å²) in [4.78, 5) is 7.49. The van der Waals surface area contributed by atoms with Crippen molar-refractivity contribution in [1.82, 2.24) is 20.0 Å². The van der Waals surface area contributed by atoms with Gasteiger partial charge in [0, 0.05) is 57.4 Å². The molecule has 0 aromatic heterocycles. The summed E-state index contributed by atoms with van der Waals surface area (Å²) in [5.74, 6) is 0. The summed E-state index contributed by atoms with van der Waals surface area (Å²) in [6.45, 7) is 25.0. The van der Waals surface area contributed by atoms with E-state index in [1.807, 2.05) is 0 Å². The Bertz CT molecular complexity index is 279. The van der Waals surface area contributed by atoms with E-state index in [1.165, 1.54) is 45.4 Å². The van der Waals surface area contributed by atoms with Crippen molar-refractivity contribution < 1.29 is 4.74 Å². The number of morpholine rings is 1. The van der Waals surface area contributed by atoms with Crippen LogP contribution in [0.4, 0.5) is 0 Å². The van der Waals surface area contributed by atoms with E-state index in [0.717, 1.165) is 51.5 Å². The maximum absolute atomic E-state index is 5.21. The minimum Gasteiger partial charge on any atom is -0.379 e. The molecule has 162 valence electrons. The number of piperidine rings is 1. The van der Waals surface area contributed by atoms with Crippen LogP contribution in [0.1, 0.15) is 60.8 Å². The Balaban J connectivity index is 0.000000202. The molecule has 0 saturated carbocycles. The van der Waals surface area contributed by atoms with Crippen molar-refractivity contribution in [3.63, 3.8) is 0 Å². The molecule has 3 aliphatic heterocycles. The summed E-state index contributed by atoms with van der Waals surface area (Å²) < 4.78 is 5.21. The van der Waals surface area contributed by atoms with Crippen LogP contribution in [0.3, 0.4) is 0 Å². The van der Waals surface area contributed by atoms with Crippen molar-refractivity contribution in [3.8, 4) is 0 Å². The Hall–Kier alpha value is -0.200. The Morgan fingerprint density at radius 1 is 0.556 bits per heavy atom. The van der Waals surface area contributed by atoms with Gasteiger partial charge in [0.05, 0.1) is 13.2 Å². The lowest BCUT2D eigenvalue weighted by Crippen LogP contribution is -2.46. The van der Waals surface area contributed by atoms with E-state index in [-0.39, 0.29) is 0 Å². The van der Waals surface area contributed by atoms with Crippen LogP contribution in [-0.4, -0.2) is 98.4 Å². The van der Waals surface area contributed by atoms with Crippen LogP contribution >= 0.6 is 0 Å². The average molecular weight is 385 g/mol. The van der Waals surface area contributed by atoms with E-state index < -0.39 is 0 Å². The van der Waals surface area contributed by atoms with Crippen LogP contribution in [-0.2, 0) is 4.74 Å². The third-order valence-electron chi connectivity index (χ3n) is 5.78. The van der Waals surface area contributed by atoms with E-state index in [0.29, 0.717) is 6.04 Å². The number of nitrogens with zero attached hydrogens (tertiary/aromatic N) is 3. The zero-order valence-electron chi connectivity index (χ0n) is 19.2. The van der Waals surface area contributed by atoms with Crippen molar-refractivity contribution in [1.29, 1.82) is 0 Å². The van der Waals surface area contributed by atoms with Gasteiger partial charge in [-0.2, -0.15) is 0 Å². The number of likely N-dealkylation sites (tertiary alicyclic amines) is 1. The third kappa shape index (κ3) is 11.4. The van der Waals surface area contributed by atoms with Gasteiger partial charge >= 0.3 is 0 Å². The maximum Gasteiger partial charge on any atom is 0.0594 e. The van der Waals surface area contributed by atoms with Gasteiger partial charge in [-0.3, -0.25) is 9.80 Å². The minimum absolute atomic E-state index is 0.689. The van der Waals surface area contributed by atoms with E-state index in [9.17, 15) is 0 Å². The molecule has 0 unspecified atom stereocenters. The van der Waals surface area contributed by atoms with Gasteiger partial charge in [0.15, 0.2) is 0 Å². The highest BCUT2D eigenvalue weighted by molar-refractivity contribution is 4.70. The van der Waals surface area contributed by atoms with Crippen molar-refractivity contribution in [3.05, 3.63) is 0 Å². The third-order valence-corrected chi connectivity index (χ3v) is 5.78. The zero-order chi connectivity index (χ0) is 20.1. The molecule has 0 aromatic rings. The molecule has 0 bridgehead atoms. The smallest absolute Gasteiger partial charge is 0.0594 e. The van der Waals surface area contributed by atoms with E-state index in [1.54, 1.807) is 0 Å². The van der Waals surface area contributed by atoms with Crippen molar-refractivity contribution >= 4 is 0 Å². The van der Waals surface area contributed by atoms with Crippen LogP contribution in [0, 0.1) is 0 Å². The summed E-state index contributed by atoms with van der Waals surface area (Å²) in [6, 6.07) is 2.19. The molecule has 3 saturated heterocycles. The first-order valence-corrected chi connectivity index (χ1v) is 11.4. The van der Waals surface area contributed by atoms with Crippen molar-refractivity contribution in [2.75, 3.05) is 65.6 Å². The molecule has 5 nitrogen and oxygen atoms in total. The summed E-state index contributed by atoms with van der Waals surface area (Å²) in [6.07, 6.45) is 4.28. The molecule has 0 aromatic carbocycles. The average Bonchev–Trinajstić information content (AvgIpc) is 2.71. The van der Waals surface area contributed by atoms with Crippen LogP contribution in [0.5, 0.6) is 0 Å². The van der Waals surface area contributed by atoms with Gasteiger partial charge in [0.1, 0.15) is 0 Å². The SMILES string of the molecule is CC(C)N1CCCCC1.CC(C)N1CCNCC1.CC(C)N1CCOCC1. The largest absolute Gasteiger partial charge is 0.379 e. The predicted octanol–water partition coefficient (Wildman–Crippen LogP) is 2.91. The lowest BCUT2D eigenvalue weighted by Gasteiger charge is -2.30. The number of nitrogens with one attached hydrogen (secondary N) is 1. The molecule has 0 radical (unpaired) electrons. The predicted molar refractivity (Wildman–Crippen MR) is 118 cm³/mol. The van der Waals surface area contributed by atoms with Crippen LogP contribution in [0.2, 0.25) is 0 Å². The fourth-order valence-corrected chi connectivity index (χ4v) is 3.73. The number of ether oxygens (including phenoxy) is 1. The van der Waals surface area contributed by atoms with Gasteiger partial charge in [0.25, 0.3) is 0 Å². The maximum atomic E-state index is 5.21. The van der Waals surface area contributed by atoms with Gasteiger partial charge in [-0.15, -0.1) is 0 Å². The number of hydrogen-bond donors (Lipinski definition) is 1. The van der Waals surface area contributed by atoms with Crippen LogP contribution in [0.15, 0.2) is 0 Å². The van der Waals surface area contributed by atoms with Gasteiger partial charge in [-0.1, -0.05) is 6.42 Å². The first-order valence-electron chi connectivity index (χ1n) is 11.4. The quantitative estimate of drug-likeness (QED) is 0.808. The van der Waals surface area contributed by atoms with Crippen LogP contribution < -0.4 is 5.32 Å². The molecule has 0 aliphatic carbocycles. The van der Waals surface area contributed by atoms with E-state index in [2.05, 4.69) is 61.6 Å². The van der Waals surface area contributed by atoms with E-state index >= 15 is 0 Å². The Morgan fingerprint density at radius 3 is 1.30 bits per heavy atom. The first-order chi connectivity index (χ1) is 12.9. The van der Waals surface area contributed by atoms with Gasteiger partial charge in [-0.05, 0) is 67.5 Å². The molecule has 3 rings (SSSR count). The van der Waals surface area contributed by atoms with Gasteiger partial charge < -0.3 is 15.0 Å². The summed E-state index contributed by atoms with van der Waals surface area (Å²) in [7, 11) is 0. The van der Waals surface area contributed by atoms with Crippen molar-refractivity contribution in [2.45, 2.75) is 78.9 Å². The Kier molecular flexibility index (Phi) is 13.6. The lowest BCUT2D eigenvalue weighted by atomic mass is 10.1. The number of piperazine rings is 1. The molecular formula is C22H48N4O. The first kappa shape index (κ1) is 24.8. The van der Waals surface area contributed by atoms with Gasteiger partial charge in [-0.25, -0.2) is 0 Å². The second-order valence-corrected chi connectivity index (χ2v) is 8.81. The highest BCUT2D eigenvalue weighted by Crippen LogP contribution is 2.10. The normalized spacial score (nSPS) is 23.0. The highest BCUT2D eigenvalue weighted by atomic mass is 16.5. The summed E-state index contributed by atoms with van der Waals surface area (Å²) >= 11 is 0. The second-order valence-electron chi connectivity index (χ2n) is 8.81.